The van der Waals surface area contributed by atoms with E-state index in [9.17, 15) is 17.6 Å². The Kier molecular flexibility index (Phi) is 5.24. The summed E-state index contributed by atoms with van der Waals surface area (Å²) in [4.78, 5) is 8.60. The number of hydrogen-bond acceptors (Lipinski definition) is 4. The number of hydrogen-bond donors (Lipinski definition) is 0. The Morgan fingerprint density at radius 2 is 1.91 bits per heavy atom. The van der Waals surface area contributed by atoms with E-state index in [2.05, 4.69) is 10.1 Å². The number of nitrogens with zero attached hydrogens (tertiary/aromatic N) is 5. The van der Waals surface area contributed by atoms with Crippen molar-refractivity contribution in [1.82, 2.24) is 24.3 Å². The van der Waals surface area contributed by atoms with Crippen LogP contribution in [0.3, 0.4) is 0 Å². The average molecular weight is 470 g/mol. The number of imidazole rings is 1. The molecule has 5 rings (SSSR count). The fourth-order valence-electron chi connectivity index (χ4n) is 4.31. The highest BCUT2D eigenvalue weighted by Gasteiger charge is 2.40. The predicted molar refractivity (Wildman–Crippen MR) is 107 cm³/mol. The largest absolute Gasteiger partial charge is 0.434 e. The predicted octanol–water partition coefficient (Wildman–Crippen LogP) is 5.30. The minimum absolute atomic E-state index is 0.179. The van der Waals surface area contributed by atoms with E-state index >= 15 is 0 Å². The fraction of sp³-hybridized carbons (Fsp3) is 0.476. The molecule has 1 aliphatic carbocycles. The molecule has 2 aliphatic rings. The summed E-state index contributed by atoms with van der Waals surface area (Å²) in [5.41, 5.74) is -0.596. The molecule has 0 radical (unpaired) electrons. The smallest absolute Gasteiger partial charge is 0.373 e. The molecule has 170 valence electrons. The molecule has 1 saturated carbocycles. The summed E-state index contributed by atoms with van der Waals surface area (Å²) >= 11 is 6.06. The summed E-state index contributed by atoms with van der Waals surface area (Å²) in [6.07, 6.45) is -0.701. The lowest BCUT2D eigenvalue weighted by atomic mass is 9.98. The monoisotopic (exact) mass is 469 g/mol. The van der Waals surface area contributed by atoms with Gasteiger partial charge in [0.2, 0.25) is 0 Å². The van der Waals surface area contributed by atoms with Crippen molar-refractivity contribution in [3.63, 3.8) is 0 Å². The van der Waals surface area contributed by atoms with Gasteiger partial charge in [0.25, 0.3) is 0 Å². The Hall–Kier alpha value is -2.46. The lowest BCUT2D eigenvalue weighted by molar-refractivity contribution is -0.141. The summed E-state index contributed by atoms with van der Waals surface area (Å²) in [5, 5.41) is 4.77. The summed E-state index contributed by atoms with van der Waals surface area (Å²) in [7, 11) is 1.57. The summed E-state index contributed by atoms with van der Waals surface area (Å²) in [5.74, 6) is 0.275. The molecule has 2 unspecified atom stereocenters. The van der Waals surface area contributed by atoms with Crippen LogP contribution in [0, 0.1) is 11.7 Å². The molecule has 0 spiro atoms. The van der Waals surface area contributed by atoms with Crippen molar-refractivity contribution in [2.45, 2.75) is 50.4 Å². The maximum Gasteiger partial charge on any atom is 0.434 e. The number of aromatic nitrogens is 5. The number of ether oxygens (including phenoxy) is 1. The zero-order valence-corrected chi connectivity index (χ0v) is 17.9. The number of halogens is 5. The Bertz CT molecular complexity index is 1130. The Morgan fingerprint density at radius 1 is 1.12 bits per heavy atom. The van der Waals surface area contributed by atoms with Crippen LogP contribution >= 0.6 is 11.6 Å². The molecule has 2 aromatic heterocycles. The molecule has 11 heteroatoms. The summed E-state index contributed by atoms with van der Waals surface area (Å²) < 4.78 is 62.6. The van der Waals surface area contributed by atoms with E-state index in [0.717, 1.165) is 19.0 Å². The molecule has 0 bridgehead atoms. The Balaban J connectivity index is 1.65. The third-order valence-electron chi connectivity index (χ3n) is 5.91. The Labute approximate surface area is 186 Å². The van der Waals surface area contributed by atoms with Gasteiger partial charge >= 0.3 is 6.18 Å². The van der Waals surface area contributed by atoms with Crippen LogP contribution in [-0.4, -0.2) is 31.4 Å². The van der Waals surface area contributed by atoms with Crippen LogP contribution < -0.4 is 0 Å². The first kappa shape index (κ1) is 21.4. The maximum atomic E-state index is 14.1. The van der Waals surface area contributed by atoms with Gasteiger partial charge in [0.05, 0.1) is 11.6 Å². The first-order chi connectivity index (χ1) is 15.2. The number of rotatable bonds is 5. The SMILES string of the molecule is COC(c1nc(C2CCCn3cc(C(F)(F)F)nc32)n(-c2cc(F)cc(Cl)c2)n1)C1CC1. The van der Waals surface area contributed by atoms with Crippen LogP contribution in [-0.2, 0) is 17.5 Å². The average Bonchev–Trinajstić information content (AvgIpc) is 3.29. The Morgan fingerprint density at radius 3 is 2.56 bits per heavy atom. The molecule has 3 aromatic rings. The first-order valence-corrected chi connectivity index (χ1v) is 10.7. The number of fused-ring (bicyclic) bond motifs is 1. The molecule has 3 heterocycles. The molecule has 1 aromatic carbocycles. The fourth-order valence-corrected chi connectivity index (χ4v) is 4.53. The van der Waals surface area contributed by atoms with Crippen LogP contribution in [0.2, 0.25) is 5.02 Å². The van der Waals surface area contributed by atoms with Gasteiger partial charge in [-0.3, -0.25) is 0 Å². The lowest BCUT2D eigenvalue weighted by Gasteiger charge is -2.23. The number of benzene rings is 1. The van der Waals surface area contributed by atoms with E-state index in [4.69, 9.17) is 21.3 Å². The van der Waals surface area contributed by atoms with Crippen LogP contribution in [0.1, 0.15) is 60.9 Å². The zero-order valence-electron chi connectivity index (χ0n) is 17.1. The van der Waals surface area contributed by atoms with Crippen LogP contribution in [0.15, 0.2) is 24.4 Å². The van der Waals surface area contributed by atoms with E-state index < -0.39 is 23.6 Å². The molecule has 32 heavy (non-hydrogen) atoms. The van der Waals surface area contributed by atoms with Gasteiger partial charge in [-0.25, -0.2) is 19.0 Å². The third kappa shape index (κ3) is 3.90. The molecule has 1 aliphatic heterocycles. The lowest BCUT2D eigenvalue weighted by Crippen LogP contribution is -2.20. The van der Waals surface area contributed by atoms with Crippen molar-refractivity contribution in [3.05, 3.63) is 58.4 Å². The molecule has 0 N–H and O–H groups in total. The second-order valence-corrected chi connectivity index (χ2v) is 8.67. The number of methoxy groups -OCH3 is 1. The normalized spacial score (nSPS) is 19.8. The highest BCUT2D eigenvalue weighted by molar-refractivity contribution is 6.30. The summed E-state index contributed by atoms with van der Waals surface area (Å²) in [6, 6.07) is 3.98. The van der Waals surface area contributed by atoms with Gasteiger partial charge in [-0.05, 0) is 49.8 Å². The van der Waals surface area contributed by atoms with E-state index in [1.54, 1.807) is 13.2 Å². The molecule has 2 atom stereocenters. The van der Waals surface area contributed by atoms with Crippen LogP contribution in [0.25, 0.3) is 5.69 Å². The van der Waals surface area contributed by atoms with E-state index in [-0.39, 0.29) is 22.9 Å². The molecule has 0 amide bonds. The van der Waals surface area contributed by atoms with E-state index in [1.165, 1.54) is 21.4 Å². The highest BCUT2D eigenvalue weighted by atomic mass is 35.5. The quantitative estimate of drug-likeness (QED) is 0.476. The summed E-state index contributed by atoms with van der Waals surface area (Å²) in [6.45, 7) is 0.435. The number of alkyl halides is 3. The van der Waals surface area contributed by atoms with Crippen LogP contribution in [0.5, 0.6) is 0 Å². The third-order valence-corrected chi connectivity index (χ3v) is 6.13. The van der Waals surface area contributed by atoms with Crippen molar-refractivity contribution in [2.24, 2.45) is 5.92 Å². The van der Waals surface area contributed by atoms with Crippen molar-refractivity contribution >= 4 is 11.6 Å². The first-order valence-electron chi connectivity index (χ1n) is 10.3. The van der Waals surface area contributed by atoms with Gasteiger partial charge in [0.15, 0.2) is 11.5 Å². The second-order valence-electron chi connectivity index (χ2n) is 8.23. The van der Waals surface area contributed by atoms with Crippen molar-refractivity contribution in [1.29, 1.82) is 0 Å². The van der Waals surface area contributed by atoms with Crippen molar-refractivity contribution in [2.75, 3.05) is 7.11 Å². The van der Waals surface area contributed by atoms with Gasteiger partial charge in [0, 0.05) is 24.9 Å². The molecule has 0 saturated heterocycles. The van der Waals surface area contributed by atoms with Gasteiger partial charge < -0.3 is 9.30 Å². The number of aryl methyl sites for hydroxylation is 1. The van der Waals surface area contributed by atoms with Crippen LogP contribution in [0.4, 0.5) is 17.6 Å². The van der Waals surface area contributed by atoms with Gasteiger partial charge in [0.1, 0.15) is 23.6 Å². The molecular weight excluding hydrogens is 450 g/mol. The minimum Gasteiger partial charge on any atom is -0.373 e. The molecule has 1 fully saturated rings. The van der Waals surface area contributed by atoms with Gasteiger partial charge in [-0.1, -0.05) is 11.6 Å². The van der Waals surface area contributed by atoms with E-state index in [0.29, 0.717) is 36.7 Å². The van der Waals surface area contributed by atoms with E-state index in [1.807, 2.05) is 0 Å². The topological polar surface area (TPSA) is 57.8 Å². The molecular formula is C21H20ClF4N5O. The second kappa shape index (κ2) is 7.84. The van der Waals surface area contributed by atoms with Gasteiger partial charge in [-0.2, -0.15) is 13.2 Å². The highest BCUT2D eigenvalue weighted by Crippen LogP contribution is 2.43. The standard InChI is InChI=1S/C21H20ClF4N5O/c1-32-17(11-4-5-11)18-28-20(31(29-18)14-8-12(22)7-13(23)9-14)15-3-2-6-30-10-16(21(24,25)26)27-19(15)30/h7-11,15,17H,2-6H2,1H3. The zero-order chi connectivity index (χ0) is 22.6. The minimum atomic E-state index is -4.54. The van der Waals surface area contributed by atoms with Crippen molar-refractivity contribution < 1.29 is 22.3 Å². The van der Waals surface area contributed by atoms with Gasteiger partial charge in [-0.15, -0.1) is 5.10 Å². The van der Waals surface area contributed by atoms with Crippen molar-refractivity contribution in [3.8, 4) is 5.69 Å². The maximum absolute atomic E-state index is 14.1. The molecule has 6 nitrogen and oxygen atoms in total.